The molecular weight excluding hydrogens is 601 g/mol. The molecule has 0 aliphatic heterocycles. The van der Waals surface area contributed by atoms with Gasteiger partial charge in [0.2, 0.25) is 0 Å². The maximum atomic E-state index is 7.47. The van der Waals surface area contributed by atoms with Crippen molar-refractivity contribution in [2.75, 3.05) is 0 Å². The zero-order valence-electron chi connectivity index (χ0n) is 25.0. The summed E-state index contributed by atoms with van der Waals surface area (Å²) in [5, 5.41) is 9.70. The molecule has 0 fully saturated rings. The van der Waals surface area contributed by atoms with Gasteiger partial charge in [0.05, 0.1) is 19.0 Å². The van der Waals surface area contributed by atoms with Crippen LogP contribution in [0.5, 0.6) is 0 Å². The second-order valence-electron chi connectivity index (χ2n) is 10.6. The molecule has 0 aromatic heterocycles. The topological polar surface area (TPSA) is 18.5 Å². The van der Waals surface area contributed by atoms with Gasteiger partial charge in [0.15, 0.2) is 0 Å². The molecule has 0 heterocycles. The molecule has 0 spiro atoms. The van der Waals surface area contributed by atoms with E-state index in [2.05, 4.69) is 183 Å². The Labute approximate surface area is 268 Å². The van der Waals surface area contributed by atoms with Crippen LogP contribution in [0.2, 0.25) is 13.1 Å². The highest BCUT2D eigenvalue weighted by atomic mass is 28.4. The molecule has 44 heavy (non-hydrogen) atoms. The van der Waals surface area contributed by atoms with Crippen LogP contribution in [0.4, 0.5) is 0 Å². The van der Waals surface area contributed by atoms with Crippen molar-refractivity contribution in [1.82, 2.24) is 0 Å². The summed E-state index contributed by atoms with van der Waals surface area (Å²) in [6.45, 7) is 4.50. The molecule has 0 N–H and O–H groups in total. The molecule has 0 amide bonds. The van der Waals surface area contributed by atoms with Gasteiger partial charge in [0.1, 0.15) is 0 Å². The largest absolute Gasteiger partial charge is 0.329 e. The van der Waals surface area contributed by atoms with Crippen molar-refractivity contribution >= 4 is 77.2 Å². The van der Waals surface area contributed by atoms with Crippen LogP contribution >= 0.6 is 0 Å². The Balaban J connectivity index is 1.68. The van der Waals surface area contributed by atoms with Crippen molar-refractivity contribution in [1.29, 1.82) is 0 Å². The molecule has 6 aromatic carbocycles. The summed E-state index contributed by atoms with van der Waals surface area (Å²) in [6, 6.07) is 60.5. The molecular formula is C38H34O2Si4. The zero-order chi connectivity index (χ0) is 30.2. The molecule has 6 rings (SSSR count). The van der Waals surface area contributed by atoms with Gasteiger partial charge in [-0.05, 0) is 31.1 Å². The summed E-state index contributed by atoms with van der Waals surface area (Å²) in [5.74, 6) is 0. The van der Waals surface area contributed by atoms with E-state index in [4.69, 9.17) is 9.15 Å². The van der Waals surface area contributed by atoms with E-state index in [1.165, 1.54) is 20.7 Å². The molecule has 6 heteroatoms. The predicted molar refractivity (Wildman–Crippen MR) is 193 cm³/mol. The van der Waals surface area contributed by atoms with Gasteiger partial charge in [-0.25, -0.2) is 0 Å². The Morgan fingerprint density at radius 2 is 0.591 bits per heavy atom. The molecule has 0 unspecified atom stereocenters. The van der Waals surface area contributed by atoms with Gasteiger partial charge in [0, 0.05) is 0 Å². The highest BCUT2D eigenvalue weighted by molar-refractivity contribution is 7.11. The summed E-state index contributed by atoms with van der Waals surface area (Å²) in [5.41, 5.74) is 0. The lowest BCUT2D eigenvalue weighted by atomic mass is 10.3. The number of hydrogen-bond acceptors (Lipinski definition) is 2. The first-order valence-corrected chi connectivity index (χ1v) is 21.7. The number of hydrogen-bond donors (Lipinski definition) is 0. The van der Waals surface area contributed by atoms with Crippen molar-refractivity contribution in [3.63, 3.8) is 0 Å². The van der Waals surface area contributed by atoms with Crippen LogP contribution < -0.4 is 41.5 Å². The quantitative estimate of drug-likeness (QED) is 0.0945. The molecule has 0 bridgehead atoms. The lowest BCUT2D eigenvalue weighted by Crippen LogP contribution is -2.77. The Morgan fingerprint density at radius 3 is 0.864 bits per heavy atom. The van der Waals surface area contributed by atoms with Crippen LogP contribution in [0.15, 0.2) is 170 Å². The normalized spacial score (nSPS) is 11.8. The lowest BCUT2D eigenvalue weighted by molar-refractivity contribution is -0.112. The maximum absolute atomic E-state index is 7.47. The van der Waals surface area contributed by atoms with Crippen molar-refractivity contribution in [3.8, 4) is 0 Å². The van der Waals surface area contributed by atoms with Crippen LogP contribution in [0.1, 0.15) is 0 Å². The molecule has 0 saturated heterocycles. The smallest absolute Gasteiger partial charge is 0.279 e. The van der Waals surface area contributed by atoms with Gasteiger partial charge in [-0.2, -0.15) is 0 Å². The van der Waals surface area contributed by atoms with Crippen molar-refractivity contribution in [2.45, 2.75) is 13.1 Å². The SMILES string of the molecule is C[Si]c1ccccc1[Si](OO[Si](c1ccccc1)(c1ccccc1)c1ccccc1[Si]C)(c1ccccc1)c1ccccc1. The van der Waals surface area contributed by atoms with Gasteiger partial charge < -0.3 is 0 Å². The summed E-state index contributed by atoms with van der Waals surface area (Å²) >= 11 is 0. The Hall–Kier alpha value is -3.89. The maximum Gasteiger partial charge on any atom is 0.329 e. The monoisotopic (exact) mass is 634 g/mol. The fraction of sp³-hybridized carbons (Fsp3) is 0.0526. The highest BCUT2D eigenvalue weighted by Gasteiger charge is 2.51. The average molecular weight is 635 g/mol. The minimum atomic E-state index is -3.20. The standard InChI is InChI=1S/C38H34O2Si4/c1-41-35-27-15-17-29-37(35)43(31-19-7-3-8-20-31,32-21-9-4-10-22-32)39-40-44(33-23-11-5-12-24-33,34-25-13-6-14-26-34)38-30-18-16-28-36(38)42-2/h3-30H,1-2H3. The van der Waals surface area contributed by atoms with Crippen molar-refractivity contribution in [2.24, 2.45) is 0 Å². The van der Waals surface area contributed by atoms with E-state index in [0.717, 1.165) is 20.7 Å². The third kappa shape index (κ3) is 5.56. The fourth-order valence-electron chi connectivity index (χ4n) is 6.07. The van der Waals surface area contributed by atoms with E-state index >= 15 is 0 Å². The third-order valence-corrected chi connectivity index (χ3v) is 18.4. The Bertz CT molecular complexity index is 1570. The average Bonchev–Trinajstić information content (AvgIpc) is 3.12. The second kappa shape index (κ2) is 13.8. The van der Waals surface area contributed by atoms with Crippen molar-refractivity contribution in [3.05, 3.63) is 170 Å². The third-order valence-electron chi connectivity index (χ3n) is 8.16. The van der Waals surface area contributed by atoms with Gasteiger partial charge in [-0.15, -0.1) is 0 Å². The van der Waals surface area contributed by atoms with Crippen molar-refractivity contribution < 1.29 is 9.15 Å². The minimum Gasteiger partial charge on any atom is -0.279 e. The highest BCUT2D eigenvalue weighted by Crippen LogP contribution is 2.16. The first kappa shape index (κ1) is 30.1. The van der Waals surface area contributed by atoms with E-state index in [-0.39, 0.29) is 0 Å². The first-order chi connectivity index (χ1) is 21.7. The summed E-state index contributed by atoms with van der Waals surface area (Å²) in [6.07, 6.45) is 0. The van der Waals surface area contributed by atoms with Gasteiger partial charge in [0.25, 0.3) is 0 Å². The lowest BCUT2D eigenvalue weighted by Gasteiger charge is -2.39. The minimum absolute atomic E-state index is 0.611. The van der Waals surface area contributed by atoms with Crippen LogP contribution in [-0.2, 0) is 9.15 Å². The van der Waals surface area contributed by atoms with Crippen LogP contribution in [0, 0.1) is 0 Å². The summed E-state index contributed by atoms with van der Waals surface area (Å²) in [7, 11) is -5.18. The number of rotatable bonds is 11. The fourth-order valence-corrected chi connectivity index (χ4v) is 16.8. The molecule has 2 nitrogen and oxygen atoms in total. The van der Waals surface area contributed by atoms with E-state index in [9.17, 15) is 0 Å². The van der Waals surface area contributed by atoms with Gasteiger partial charge in [-0.3, -0.25) is 9.15 Å². The van der Waals surface area contributed by atoms with Crippen LogP contribution in [0.3, 0.4) is 0 Å². The van der Waals surface area contributed by atoms with E-state index in [1.54, 1.807) is 0 Å². The Morgan fingerprint density at radius 1 is 0.341 bits per heavy atom. The predicted octanol–water partition coefficient (Wildman–Crippen LogP) is 3.02. The van der Waals surface area contributed by atoms with Crippen LogP contribution in [-0.4, -0.2) is 35.7 Å². The van der Waals surface area contributed by atoms with Gasteiger partial charge >= 0.3 is 16.6 Å². The van der Waals surface area contributed by atoms with E-state index < -0.39 is 16.6 Å². The van der Waals surface area contributed by atoms with E-state index in [0.29, 0.717) is 19.0 Å². The number of benzene rings is 6. The molecule has 4 radical (unpaired) electrons. The zero-order valence-corrected chi connectivity index (χ0v) is 29.0. The Kier molecular flexibility index (Phi) is 9.47. The van der Waals surface area contributed by atoms with Crippen LogP contribution in [0.25, 0.3) is 0 Å². The summed E-state index contributed by atoms with van der Waals surface area (Å²) < 4.78 is 14.9. The molecule has 0 saturated carbocycles. The first-order valence-electron chi connectivity index (χ1n) is 14.9. The summed E-state index contributed by atoms with van der Waals surface area (Å²) in [4.78, 5) is 0. The molecule has 0 atom stereocenters. The molecule has 0 aliphatic carbocycles. The molecule has 0 aliphatic rings. The van der Waals surface area contributed by atoms with E-state index in [1.807, 2.05) is 0 Å². The molecule has 214 valence electrons. The van der Waals surface area contributed by atoms with Gasteiger partial charge in [-0.1, -0.05) is 193 Å². The molecule has 6 aromatic rings. The second-order valence-corrected chi connectivity index (χ2v) is 19.1.